The van der Waals surface area contributed by atoms with Gasteiger partial charge in [0.2, 0.25) is 0 Å². The van der Waals surface area contributed by atoms with Crippen molar-refractivity contribution in [3.05, 3.63) is 58.9 Å². The summed E-state index contributed by atoms with van der Waals surface area (Å²) < 4.78 is 40.4. The fraction of sp³-hybridized carbons (Fsp3) is 0.350. The van der Waals surface area contributed by atoms with Crippen molar-refractivity contribution in [2.75, 3.05) is 13.1 Å². The molecular formula is C20H18F3N5OS. The summed E-state index contributed by atoms with van der Waals surface area (Å²) in [6, 6.07) is 4.47. The van der Waals surface area contributed by atoms with Crippen molar-refractivity contribution in [1.29, 1.82) is 0 Å². The largest absolute Gasteiger partial charge is 0.433 e. The Morgan fingerprint density at radius 3 is 2.83 bits per heavy atom. The van der Waals surface area contributed by atoms with E-state index in [4.69, 9.17) is 0 Å². The molecule has 156 valence electrons. The Hall–Kier alpha value is -2.88. The Kier molecular flexibility index (Phi) is 5.50. The van der Waals surface area contributed by atoms with Crippen molar-refractivity contribution in [2.45, 2.75) is 31.9 Å². The van der Waals surface area contributed by atoms with Crippen molar-refractivity contribution >= 4 is 17.2 Å². The van der Waals surface area contributed by atoms with Crippen LogP contribution in [-0.4, -0.2) is 43.8 Å². The first-order chi connectivity index (χ1) is 14.3. The highest BCUT2D eigenvalue weighted by Crippen LogP contribution is 2.34. The van der Waals surface area contributed by atoms with Gasteiger partial charge in [-0.05, 0) is 37.3 Å². The van der Waals surface area contributed by atoms with E-state index in [1.807, 2.05) is 0 Å². The number of nitrogens with zero attached hydrogens (tertiary/aromatic N) is 5. The summed E-state index contributed by atoms with van der Waals surface area (Å²) >= 11 is 1.32. The van der Waals surface area contributed by atoms with Crippen molar-refractivity contribution in [1.82, 2.24) is 24.8 Å². The van der Waals surface area contributed by atoms with Gasteiger partial charge in [-0.1, -0.05) is 6.07 Å². The third-order valence-corrected chi connectivity index (χ3v) is 5.92. The van der Waals surface area contributed by atoms with Crippen LogP contribution in [0.25, 0.3) is 10.6 Å². The molecule has 1 atom stereocenters. The molecule has 3 aromatic rings. The molecule has 1 amide bonds. The molecule has 3 aromatic heterocycles. The number of aromatic nitrogens is 4. The third-order valence-electron chi connectivity index (χ3n) is 5.02. The lowest BCUT2D eigenvalue weighted by Crippen LogP contribution is -2.40. The Morgan fingerprint density at radius 2 is 2.13 bits per heavy atom. The SMILES string of the molecule is Cc1ncncc1C(=O)N1CCC[C@@H](c2nc(-c3cccs3)cc(C(F)(F)F)n2)C1. The van der Waals surface area contributed by atoms with Crippen LogP contribution in [0.4, 0.5) is 13.2 Å². The number of carbonyl (C=O) groups is 1. The highest BCUT2D eigenvalue weighted by Gasteiger charge is 2.36. The van der Waals surface area contributed by atoms with Gasteiger partial charge in [0.25, 0.3) is 5.91 Å². The molecule has 0 spiro atoms. The fourth-order valence-electron chi connectivity index (χ4n) is 3.49. The molecule has 0 unspecified atom stereocenters. The highest BCUT2D eigenvalue weighted by molar-refractivity contribution is 7.13. The maximum absolute atomic E-state index is 13.5. The standard InChI is InChI=1S/C20H18F3N5OS/c1-12-14(9-24-11-25-12)19(29)28-6-2-4-13(10-28)18-26-15(16-5-3-7-30-16)8-17(27-18)20(21,22)23/h3,5,7-9,11,13H,2,4,6,10H2,1H3/t13-/m1/s1. The fourth-order valence-corrected chi connectivity index (χ4v) is 4.17. The second-order valence-electron chi connectivity index (χ2n) is 7.08. The zero-order valence-corrected chi connectivity index (χ0v) is 16.9. The van der Waals surface area contributed by atoms with E-state index in [0.29, 0.717) is 35.5 Å². The summed E-state index contributed by atoms with van der Waals surface area (Å²) in [7, 11) is 0. The summed E-state index contributed by atoms with van der Waals surface area (Å²) in [5.41, 5.74) is 0.236. The van der Waals surface area contributed by atoms with Crippen molar-refractivity contribution in [2.24, 2.45) is 0 Å². The van der Waals surface area contributed by atoms with Crippen LogP contribution in [0, 0.1) is 6.92 Å². The van der Waals surface area contributed by atoms with E-state index in [2.05, 4.69) is 19.9 Å². The molecule has 4 heterocycles. The predicted molar refractivity (Wildman–Crippen MR) is 105 cm³/mol. The number of rotatable bonds is 3. The lowest BCUT2D eigenvalue weighted by molar-refractivity contribution is -0.141. The normalized spacial score (nSPS) is 17.2. The van der Waals surface area contributed by atoms with Gasteiger partial charge in [-0.2, -0.15) is 13.2 Å². The first-order valence-electron chi connectivity index (χ1n) is 9.39. The van der Waals surface area contributed by atoms with Gasteiger partial charge < -0.3 is 4.90 Å². The quantitative estimate of drug-likeness (QED) is 0.614. The van der Waals surface area contributed by atoms with E-state index < -0.39 is 11.9 Å². The average molecular weight is 433 g/mol. The van der Waals surface area contributed by atoms with E-state index in [1.165, 1.54) is 23.9 Å². The third kappa shape index (κ3) is 4.18. The molecule has 0 aliphatic carbocycles. The summed E-state index contributed by atoms with van der Waals surface area (Å²) in [6.07, 6.45) is -0.486. The maximum atomic E-state index is 13.5. The molecule has 4 rings (SSSR count). The number of amides is 1. The number of aryl methyl sites for hydroxylation is 1. The topological polar surface area (TPSA) is 71.9 Å². The van der Waals surface area contributed by atoms with Crippen LogP contribution < -0.4 is 0 Å². The minimum Gasteiger partial charge on any atom is -0.338 e. The van der Waals surface area contributed by atoms with Gasteiger partial charge in [0.15, 0.2) is 0 Å². The van der Waals surface area contributed by atoms with Crippen molar-refractivity contribution in [3.63, 3.8) is 0 Å². The second-order valence-corrected chi connectivity index (χ2v) is 8.03. The Bertz CT molecular complexity index is 1050. The molecule has 1 aliphatic heterocycles. The van der Waals surface area contributed by atoms with E-state index in [0.717, 1.165) is 6.07 Å². The number of hydrogen-bond donors (Lipinski definition) is 0. The van der Waals surface area contributed by atoms with Crippen molar-refractivity contribution in [3.8, 4) is 10.6 Å². The number of alkyl halides is 3. The number of piperidine rings is 1. The van der Waals surface area contributed by atoms with Gasteiger partial charge in [0.1, 0.15) is 17.8 Å². The molecule has 30 heavy (non-hydrogen) atoms. The van der Waals surface area contributed by atoms with Gasteiger partial charge in [-0.3, -0.25) is 4.79 Å². The molecule has 0 radical (unpaired) electrons. The number of halogens is 3. The molecule has 1 saturated heterocycles. The summed E-state index contributed by atoms with van der Waals surface area (Å²) in [5, 5.41) is 1.79. The van der Waals surface area contributed by atoms with Crippen molar-refractivity contribution < 1.29 is 18.0 Å². The molecule has 1 fully saturated rings. The van der Waals surface area contributed by atoms with Gasteiger partial charge in [-0.25, -0.2) is 19.9 Å². The van der Waals surface area contributed by atoms with Gasteiger partial charge in [0, 0.05) is 25.2 Å². The second kappa shape index (κ2) is 8.10. The Labute approximate surface area is 174 Å². The zero-order chi connectivity index (χ0) is 21.3. The molecule has 0 aromatic carbocycles. The lowest BCUT2D eigenvalue weighted by atomic mass is 9.96. The molecule has 10 heteroatoms. The first kappa shape index (κ1) is 20.4. The monoisotopic (exact) mass is 433 g/mol. The summed E-state index contributed by atoms with van der Waals surface area (Å²) in [6.45, 7) is 2.48. The lowest BCUT2D eigenvalue weighted by Gasteiger charge is -2.32. The van der Waals surface area contributed by atoms with Gasteiger partial charge in [0.05, 0.1) is 21.8 Å². The maximum Gasteiger partial charge on any atom is 0.433 e. The first-order valence-corrected chi connectivity index (χ1v) is 10.3. The van der Waals surface area contributed by atoms with E-state index in [-0.39, 0.29) is 29.9 Å². The van der Waals surface area contributed by atoms with Crippen LogP contribution in [0.2, 0.25) is 0 Å². The van der Waals surface area contributed by atoms with Crippen LogP contribution in [0.3, 0.4) is 0 Å². The predicted octanol–water partition coefficient (Wildman–Crippen LogP) is 4.34. The van der Waals surface area contributed by atoms with Crippen LogP contribution in [0.1, 0.15) is 46.3 Å². The smallest absolute Gasteiger partial charge is 0.338 e. The van der Waals surface area contributed by atoms with Crippen LogP contribution in [0.5, 0.6) is 0 Å². The minimum atomic E-state index is -4.58. The van der Waals surface area contributed by atoms with Crippen LogP contribution >= 0.6 is 11.3 Å². The molecule has 6 nitrogen and oxygen atoms in total. The van der Waals surface area contributed by atoms with E-state index in [9.17, 15) is 18.0 Å². The number of likely N-dealkylation sites (tertiary alicyclic amines) is 1. The zero-order valence-electron chi connectivity index (χ0n) is 16.1. The molecule has 0 N–H and O–H groups in total. The number of thiophene rings is 1. The summed E-state index contributed by atoms with van der Waals surface area (Å²) in [4.78, 5) is 31.4. The molecule has 0 bridgehead atoms. The van der Waals surface area contributed by atoms with E-state index >= 15 is 0 Å². The van der Waals surface area contributed by atoms with Gasteiger partial charge >= 0.3 is 6.18 Å². The molecular weight excluding hydrogens is 415 g/mol. The summed E-state index contributed by atoms with van der Waals surface area (Å²) in [5.74, 6) is -0.497. The van der Waals surface area contributed by atoms with E-state index in [1.54, 1.807) is 29.3 Å². The van der Waals surface area contributed by atoms with Crippen LogP contribution in [-0.2, 0) is 6.18 Å². The number of hydrogen-bond acceptors (Lipinski definition) is 6. The van der Waals surface area contributed by atoms with Crippen LogP contribution in [0.15, 0.2) is 36.1 Å². The minimum absolute atomic E-state index is 0.117. The highest BCUT2D eigenvalue weighted by atomic mass is 32.1. The Morgan fingerprint density at radius 1 is 1.30 bits per heavy atom. The molecule has 1 aliphatic rings. The molecule has 0 saturated carbocycles. The van der Waals surface area contributed by atoms with Gasteiger partial charge in [-0.15, -0.1) is 11.3 Å². The average Bonchev–Trinajstić information content (AvgIpc) is 3.28. The number of carbonyl (C=O) groups excluding carboxylic acids is 1. The Balaban J connectivity index is 1.65.